The normalized spacial score (nSPS) is 21.4. The number of carbonyl (C=O) groups excluding carboxylic acids is 4. The summed E-state index contributed by atoms with van der Waals surface area (Å²) in [7, 11) is 0. The molecular weight excluding hydrogens is 612 g/mol. The van der Waals surface area contributed by atoms with Gasteiger partial charge >= 0.3 is 35.8 Å². The van der Waals surface area contributed by atoms with Crippen molar-refractivity contribution in [1.29, 1.82) is 0 Å². The second-order valence-corrected chi connectivity index (χ2v) is 12.9. The summed E-state index contributed by atoms with van der Waals surface area (Å²) in [6.45, 7) is 14.8. The van der Waals surface area contributed by atoms with Crippen molar-refractivity contribution in [1.82, 2.24) is 0 Å². The Labute approximate surface area is 278 Å². The first-order valence-electron chi connectivity index (χ1n) is 16.6. The monoisotopic (exact) mass is 666 g/mol. The Morgan fingerprint density at radius 3 is 1.55 bits per heavy atom. The molecule has 3 aliphatic rings. The fraction of sp³-hybridized carbons (Fsp3) is 0.714. The van der Waals surface area contributed by atoms with Gasteiger partial charge in [-0.2, -0.15) is 0 Å². The third-order valence-electron chi connectivity index (χ3n) is 8.97. The number of rotatable bonds is 14. The lowest BCUT2D eigenvalue weighted by Gasteiger charge is -2.23. The molecule has 2 N–H and O–H groups in total. The van der Waals surface area contributed by atoms with Crippen LogP contribution < -0.4 is 0 Å². The van der Waals surface area contributed by atoms with E-state index in [4.69, 9.17) is 24.1 Å². The third-order valence-corrected chi connectivity index (χ3v) is 8.97. The molecular formula is C35H54O12. The van der Waals surface area contributed by atoms with Gasteiger partial charge in [-0.1, -0.05) is 39.8 Å². The maximum absolute atomic E-state index is 12.2. The van der Waals surface area contributed by atoms with Crippen molar-refractivity contribution in [3.05, 3.63) is 23.3 Å². The second-order valence-electron chi connectivity index (χ2n) is 12.9. The number of carboxylic acids is 2. The average Bonchev–Trinajstić information content (AvgIpc) is 3.68. The van der Waals surface area contributed by atoms with Gasteiger partial charge in [0.05, 0.1) is 22.7 Å². The fourth-order valence-electron chi connectivity index (χ4n) is 5.25. The Morgan fingerprint density at radius 2 is 1.11 bits per heavy atom. The number of hydrogen-bond acceptors (Lipinski definition) is 10. The number of allylic oxidation sites excluding steroid dienone is 2. The van der Waals surface area contributed by atoms with Crippen molar-refractivity contribution in [3.63, 3.8) is 0 Å². The number of hydrogen-bond donors (Lipinski definition) is 2. The van der Waals surface area contributed by atoms with Gasteiger partial charge in [0.1, 0.15) is 26.4 Å². The first kappa shape index (κ1) is 41.3. The van der Waals surface area contributed by atoms with Crippen LogP contribution in [0.2, 0.25) is 0 Å². The molecule has 0 amide bonds. The highest BCUT2D eigenvalue weighted by molar-refractivity contribution is 5.99. The highest BCUT2D eigenvalue weighted by Gasteiger charge is 2.52. The number of carbonyl (C=O) groups is 6. The van der Waals surface area contributed by atoms with E-state index in [0.29, 0.717) is 32.1 Å². The summed E-state index contributed by atoms with van der Waals surface area (Å²) in [5.41, 5.74) is -0.750. The number of carboxylic acid groups (broad SMARTS) is 2. The molecule has 0 aromatic heterocycles. The summed E-state index contributed by atoms with van der Waals surface area (Å²) < 4.78 is 20.3. The largest absolute Gasteiger partial charge is 0.481 e. The fourth-order valence-corrected chi connectivity index (χ4v) is 5.25. The van der Waals surface area contributed by atoms with Gasteiger partial charge in [0, 0.05) is 11.1 Å². The Morgan fingerprint density at radius 1 is 0.681 bits per heavy atom. The molecule has 12 heteroatoms. The Kier molecular flexibility index (Phi) is 16.9. The Balaban J connectivity index is 0.000000447. The van der Waals surface area contributed by atoms with Crippen LogP contribution in [0.25, 0.3) is 0 Å². The minimum atomic E-state index is -1.07. The van der Waals surface area contributed by atoms with Crippen LogP contribution in [0.4, 0.5) is 0 Å². The van der Waals surface area contributed by atoms with E-state index in [1.54, 1.807) is 27.7 Å². The van der Waals surface area contributed by atoms with Crippen LogP contribution in [0.1, 0.15) is 100 Å². The van der Waals surface area contributed by atoms with E-state index in [1.165, 1.54) is 0 Å². The molecule has 0 aromatic rings. The lowest BCUT2D eigenvalue weighted by molar-refractivity contribution is -0.163. The first-order valence-corrected chi connectivity index (χ1v) is 16.6. The minimum Gasteiger partial charge on any atom is -0.481 e. The van der Waals surface area contributed by atoms with Gasteiger partial charge in [-0.3, -0.25) is 19.2 Å². The number of fused-ring (bicyclic) bond motifs is 2. The Hall–Kier alpha value is -3.70. The zero-order chi connectivity index (χ0) is 35.9. The summed E-state index contributed by atoms with van der Waals surface area (Å²) in [6, 6.07) is 0. The predicted octanol–water partition coefficient (Wildman–Crippen LogP) is 5.52. The maximum Gasteiger partial charge on any atom is 0.334 e. The number of esters is 4. The lowest BCUT2D eigenvalue weighted by Crippen LogP contribution is -2.35. The molecule has 2 bridgehead atoms. The van der Waals surface area contributed by atoms with Gasteiger partial charge < -0.3 is 29.2 Å². The van der Waals surface area contributed by atoms with Crippen molar-refractivity contribution < 1.29 is 57.9 Å². The SMILES string of the molecule is CC.CCC(C)(C)C(=O)OCCOC(=O)C1=C(C(=O)O)CCCC1.CCC(C)(C)C(=O)OCCOC(=O)C1C2C=CC(C2)C1C(=O)O. The van der Waals surface area contributed by atoms with Crippen molar-refractivity contribution in [2.45, 2.75) is 100 Å². The van der Waals surface area contributed by atoms with Gasteiger partial charge in [-0.05, 0) is 84.5 Å². The molecule has 4 atom stereocenters. The van der Waals surface area contributed by atoms with Crippen molar-refractivity contribution in [2.75, 3.05) is 26.4 Å². The molecule has 3 rings (SSSR count). The van der Waals surface area contributed by atoms with E-state index in [9.17, 15) is 33.9 Å². The Bertz CT molecular complexity index is 1180. The highest BCUT2D eigenvalue weighted by Crippen LogP contribution is 2.48. The van der Waals surface area contributed by atoms with E-state index < -0.39 is 46.5 Å². The van der Waals surface area contributed by atoms with Crippen LogP contribution in [-0.4, -0.2) is 72.5 Å². The number of aliphatic carboxylic acids is 2. The first-order chi connectivity index (χ1) is 22.1. The van der Waals surface area contributed by atoms with E-state index >= 15 is 0 Å². The lowest BCUT2D eigenvalue weighted by atomic mass is 9.83. The molecule has 3 aliphatic carbocycles. The summed E-state index contributed by atoms with van der Waals surface area (Å²) >= 11 is 0. The molecule has 0 aromatic carbocycles. The van der Waals surface area contributed by atoms with E-state index in [1.807, 2.05) is 39.8 Å². The standard InChI is InChI=1S/C17H24O6.C16H24O6.C2H6/c1-4-17(2,3)16(21)23-8-7-22-15(20)13-11-6-5-10(9-11)12(13)14(18)19;1-4-16(2,3)15(20)22-10-9-21-14(19)12-8-6-5-7-11(12)13(17)18;1-2/h5-6,10-13H,4,7-9H2,1-3H3,(H,18,19);4-10H2,1-3H3,(H,17,18);1-2H3. The molecule has 12 nitrogen and oxygen atoms in total. The quantitative estimate of drug-likeness (QED) is 0.103. The van der Waals surface area contributed by atoms with Crippen molar-refractivity contribution in [2.24, 2.45) is 34.5 Å². The van der Waals surface area contributed by atoms with Crippen molar-refractivity contribution >= 4 is 35.8 Å². The minimum absolute atomic E-state index is 0.0115. The van der Waals surface area contributed by atoms with Crippen LogP contribution in [0.5, 0.6) is 0 Å². The molecule has 1 saturated carbocycles. The predicted molar refractivity (Wildman–Crippen MR) is 172 cm³/mol. The van der Waals surface area contributed by atoms with Crippen LogP contribution in [-0.2, 0) is 47.7 Å². The van der Waals surface area contributed by atoms with Crippen LogP contribution in [0, 0.1) is 34.5 Å². The molecule has 0 saturated heterocycles. The van der Waals surface area contributed by atoms with Crippen LogP contribution in [0.3, 0.4) is 0 Å². The highest BCUT2D eigenvalue weighted by atomic mass is 16.6. The molecule has 0 heterocycles. The smallest absolute Gasteiger partial charge is 0.334 e. The van der Waals surface area contributed by atoms with Crippen molar-refractivity contribution in [3.8, 4) is 0 Å². The van der Waals surface area contributed by atoms with Gasteiger partial charge in [-0.15, -0.1) is 0 Å². The summed E-state index contributed by atoms with van der Waals surface area (Å²) in [5.74, 6) is -5.32. The topological polar surface area (TPSA) is 180 Å². The summed E-state index contributed by atoms with van der Waals surface area (Å²) in [5, 5.41) is 18.4. The van der Waals surface area contributed by atoms with Gasteiger partial charge in [0.2, 0.25) is 0 Å². The summed E-state index contributed by atoms with van der Waals surface area (Å²) in [4.78, 5) is 70.1. The molecule has 0 spiro atoms. The third kappa shape index (κ3) is 11.8. The van der Waals surface area contributed by atoms with Crippen LogP contribution in [0.15, 0.2) is 23.3 Å². The van der Waals surface area contributed by atoms with E-state index in [2.05, 4.69) is 0 Å². The van der Waals surface area contributed by atoms with Gasteiger partial charge in [-0.25, -0.2) is 9.59 Å². The van der Waals surface area contributed by atoms with E-state index in [0.717, 1.165) is 12.8 Å². The molecule has 4 unspecified atom stereocenters. The zero-order valence-corrected chi connectivity index (χ0v) is 29.2. The molecule has 47 heavy (non-hydrogen) atoms. The second kappa shape index (κ2) is 19.2. The molecule has 1 fully saturated rings. The van der Waals surface area contributed by atoms with Gasteiger partial charge in [0.15, 0.2) is 0 Å². The molecule has 266 valence electrons. The molecule has 0 aliphatic heterocycles. The van der Waals surface area contributed by atoms with E-state index in [-0.39, 0.29) is 61.3 Å². The average molecular weight is 667 g/mol. The van der Waals surface area contributed by atoms with Gasteiger partial charge in [0.25, 0.3) is 0 Å². The zero-order valence-electron chi connectivity index (χ0n) is 29.2. The number of ether oxygens (including phenoxy) is 4. The summed E-state index contributed by atoms with van der Waals surface area (Å²) in [6.07, 6.45) is 8.13. The van der Waals surface area contributed by atoms with Crippen LogP contribution >= 0.6 is 0 Å². The molecule has 0 radical (unpaired) electrons. The maximum atomic E-state index is 12.2.